The predicted octanol–water partition coefficient (Wildman–Crippen LogP) is 2.73. The molecular formula is C17H24N2O. The molecule has 3 heteroatoms. The molecule has 0 spiro atoms. The first-order valence-electron chi connectivity index (χ1n) is 8.09. The van der Waals surface area contributed by atoms with Crippen LogP contribution in [0.4, 0.5) is 0 Å². The molecule has 108 valence electrons. The molecule has 3 unspecified atom stereocenters. The third-order valence-electron chi connectivity index (χ3n) is 5.32. The van der Waals surface area contributed by atoms with Crippen LogP contribution in [0.1, 0.15) is 44.2 Å². The molecule has 0 amide bonds. The highest BCUT2D eigenvalue weighted by Crippen LogP contribution is 2.45. The van der Waals surface area contributed by atoms with E-state index in [0.717, 1.165) is 37.0 Å². The number of nitrogens with zero attached hydrogens (tertiary/aromatic N) is 1. The van der Waals surface area contributed by atoms with Gasteiger partial charge in [-0.25, -0.2) is 0 Å². The summed E-state index contributed by atoms with van der Waals surface area (Å²) in [5.41, 5.74) is 1.41. The second kappa shape index (κ2) is 5.05. The molecule has 3 nitrogen and oxygen atoms in total. The van der Waals surface area contributed by atoms with Crippen molar-refractivity contribution in [2.24, 2.45) is 0 Å². The van der Waals surface area contributed by atoms with Crippen LogP contribution in [0, 0.1) is 0 Å². The van der Waals surface area contributed by atoms with E-state index in [-0.39, 0.29) is 0 Å². The number of piperidine rings is 1. The van der Waals surface area contributed by atoms with Crippen molar-refractivity contribution in [1.82, 2.24) is 10.2 Å². The van der Waals surface area contributed by atoms with E-state index in [1.807, 2.05) is 0 Å². The van der Waals surface area contributed by atoms with Crippen LogP contribution in [-0.2, 0) is 0 Å². The molecule has 20 heavy (non-hydrogen) atoms. The molecule has 2 saturated heterocycles. The predicted molar refractivity (Wildman–Crippen MR) is 80.0 cm³/mol. The smallest absolute Gasteiger partial charge is 0.124 e. The fourth-order valence-corrected chi connectivity index (χ4v) is 4.57. The number of hydrogen-bond donors (Lipinski definition) is 1. The first-order valence-corrected chi connectivity index (χ1v) is 8.09. The van der Waals surface area contributed by atoms with E-state index >= 15 is 0 Å². The van der Waals surface area contributed by atoms with Crippen molar-refractivity contribution in [3.8, 4) is 5.75 Å². The Balaban J connectivity index is 1.56. The first-order chi connectivity index (χ1) is 9.86. The van der Waals surface area contributed by atoms with E-state index in [1.54, 1.807) is 0 Å². The molecule has 2 bridgehead atoms. The number of hydrogen-bond acceptors (Lipinski definition) is 3. The molecule has 4 rings (SSSR count). The van der Waals surface area contributed by atoms with Crippen molar-refractivity contribution in [3.63, 3.8) is 0 Å². The molecule has 3 heterocycles. The van der Waals surface area contributed by atoms with Crippen molar-refractivity contribution >= 4 is 0 Å². The molecule has 0 radical (unpaired) electrons. The fourth-order valence-electron chi connectivity index (χ4n) is 4.57. The minimum Gasteiger partial charge on any atom is -0.491 e. The summed E-state index contributed by atoms with van der Waals surface area (Å²) in [5.74, 6) is 1.10. The Morgan fingerprint density at radius 2 is 1.95 bits per heavy atom. The van der Waals surface area contributed by atoms with Crippen LogP contribution in [0.2, 0.25) is 0 Å². The van der Waals surface area contributed by atoms with Crippen LogP contribution in [0.3, 0.4) is 0 Å². The monoisotopic (exact) mass is 272 g/mol. The average Bonchev–Trinajstić information content (AvgIpc) is 2.98. The topological polar surface area (TPSA) is 24.5 Å². The highest BCUT2D eigenvalue weighted by atomic mass is 16.5. The SMILES string of the molecule is CCNC1CC2CCC(C1)N2C1COc2ccccc21. The van der Waals surface area contributed by atoms with Gasteiger partial charge in [0.05, 0.1) is 6.04 Å². The Bertz CT molecular complexity index is 476. The third-order valence-corrected chi connectivity index (χ3v) is 5.32. The summed E-state index contributed by atoms with van der Waals surface area (Å²) < 4.78 is 5.91. The largest absolute Gasteiger partial charge is 0.491 e. The van der Waals surface area contributed by atoms with Crippen molar-refractivity contribution in [2.45, 2.75) is 56.8 Å². The second-order valence-electron chi connectivity index (χ2n) is 6.42. The van der Waals surface area contributed by atoms with Crippen molar-refractivity contribution in [1.29, 1.82) is 0 Å². The Hall–Kier alpha value is -1.06. The van der Waals surface area contributed by atoms with Gasteiger partial charge in [-0.3, -0.25) is 4.90 Å². The summed E-state index contributed by atoms with van der Waals surface area (Å²) in [6.07, 6.45) is 5.35. The lowest BCUT2D eigenvalue weighted by atomic mass is 9.93. The van der Waals surface area contributed by atoms with Crippen molar-refractivity contribution < 1.29 is 4.74 Å². The third kappa shape index (κ3) is 1.95. The fraction of sp³-hybridized carbons (Fsp3) is 0.647. The Morgan fingerprint density at radius 1 is 1.20 bits per heavy atom. The Kier molecular flexibility index (Phi) is 3.20. The lowest BCUT2D eigenvalue weighted by Gasteiger charge is -2.42. The summed E-state index contributed by atoms with van der Waals surface area (Å²) in [5, 5.41) is 3.66. The van der Waals surface area contributed by atoms with Gasteiger partial charge in [-0.15, -0.1) is 0 Å². The van der Waals surface area contributed by atoms with Crippen LogP contribution in [0.15, 0.2) is 24.3 Å². The zero-order valence-corrected chi connectivity index (χ0v) is 12.2. The summed E-state index contributed by atoms with van der Waals surface area (Å²) in [7, 11) is 0. The molecule has 3 aliphatic rings. The number of rotatable bonds is 3. The van der Waals surface area contributed by atoms with Gasteiger partial charge >= 0.3 is 0 Å². The molecule has 3 aliphatic heterocycles. The van der Waals surface area contributed by atoms with Gasteiger partial charge in [0, 0.05) is 23.7 Å². The van der Waals surface area contributed by atoms with E-state index in [4.69, 9.17) is 4.74 Å². The lowest BCUT2D eigenvalue weighted by molar-refractivity contribution is 0.0585. The van der Waals surface area contributed by atoms with Crippen LogP contribution in [-0.4, -0.2) is 36.2 Å². The van der Waals surface area contributed by atoms with Crippen LogP contribution in [0.5, 0.6) is 5.75 Å². The first kappa shape index (κ1) is 12.7. The zero-order chi connectivity index (χ0) is 13.5. The molecule has 3 atom stereocenters. The standard InChI is InChI=1S/C17H24N2O/c1-2-18-12-9-13-7-8-14(10-12)19(13)16-11-20-17-6-4-3-5-15(16)17/h3-6,12-14,16,18H,2,7-11H2,1H3. The van der Waals surface area contributed by atoms with Gasteiger partial charge < -0.3 is 10.1 Å². The van der Waals surface area contributed by atoms with E-state index in [0.29, 0.717) is 6.04 Å². The summed E-state index contributed by atoms with van der Waals surface area (Å²) in [4.78, 5) is 2.78. The molecule has 0 saturated carbocycles. The number of benzene rings is 1. The van der Waals surface area contributed by atoms with E-state index in [1.165, 1.54) is 31.2 Å². The average molecular weight is 272 g/mol. The minimum atomic E-state index is 0.492. The minimum absolute atomic E-state index is 0.492. The van der Waals surface area contributed by atoms with Gasteiger partial charge in [0.25, 0.3) is 0 Å². The molecular weight excluding hydrogens is 248 g/mol. The molecule has 1 aromatic carbocycles. The quantitative estimate of drug-likeness (QED) is 0.915. The van der Waals surface area contributed by atoms with Crippen molar-refractivity contribution in [2.75, 3.05) is 13.2 Å². The van der Waals surface area contributed by atoms with Crippen LogP contribution < -0.4 is 10.1 Å². The molecule has 1 aromatic rings. The normalized spacial score (nSPS) is 35.9. The zero-order valence-electron chi connectivity index (χ0n) is 12.2. The maximum atomic E-state index is 5.91. The molecule has 2 fully saturated rings. The molecule has 0 aliphatic carbocycles. The Labute approximate surface area is 121 Å². The van der Waals surface area contributed by atoms with Crippen molar-refractivity contribution in [3.05, 3.63) is 29.8 Å². The maximum absolute atomic E-state index is 5.91. The number of fused-ring (bicyclic) bond motifs is 3. The lowest BCUT2D eigenvalue weighted by Crippen LogP contribution is -2.50. The van der Waals surface area contributed by atoms with E-state index in [9.17, 15) is 0 Å². The summed E-state index contributed by atoms with van der Waals surface area (Å²) >= 11 is 0. The number of para-hydroxylation sites is 1. The number of ether oxygens (including phenoxy) is 1. The van der Waals surface area contributed by atoms with Crippen LogP contribution in [0.25, 0.3) is 0 Å². The van der Waals surface area contributed by atoms with E-state index < -0.39 is 0 Å². The van der Waals surface area contributed by atoms with Gasteiger partial charge in [-0.05, 0) is 38.3 Å². The van der Waals surface area contributed by atoms with Gasteiger partial charge in [0.1, 0.15) is 12.4 Å². The summed E-state index contributed by atoms with van der Waals surface area (Å²) in [6, 6.07) is 11.3. The highest BCUT2D eigenvalue weighted by Gasteiger charge is 2.45. The van der Waals surface area contributed by atoms with Gasteiger partial charge in [0.2, 0.25) is 0 Å². The second-order valence-corrected chi connectivity index (χ2v) is 6.42. The Morgan fingerprint density at radius 3 is 2.70 bits per heavy atom. The van der Waals surface area contributed by atoms with Crippen LogP contribution >= 0.6 is 0 Å². The van der Waals surface area contributed by atoms with Gasteiger partial charge in [-0.2, -0.15) is 0 Å². The van der Waals surface area contributed by atoms with Gasteiger partial charge in [-0.1, -0.05) is 25.1 Å². The molecule has 1 N–H and O–H groups in total. The maximum Gasteiger partial charge on any atom is 0.124 e. The summed E-state index contributed by atoms with van der Waals surface area (Å²) in [6.45, 7) is 4.16. The number of nitrogens with one attached hydrogen (secondary N) is 1. The van der Waals surface area contributed by atoms with Gasteiger partial charge in [0.15, 0.2) is 0 Å². The highest BCUT2D eigenvalue weighted by molar-refractivity contribution is 5.39. The van der Waals surface area contributed by atoms with E-state index in [2.05, 4.69) is 41.4 Å². The molecule has 0 aromatic heterocycles.